The van der Waals surface area contributed by atoms with Crippen LogP contribution in [-0.4, -0.2) is 16.9 Å². The van der Waals surface area contributed by atoms with E-state index in [1.807, 2.05) is 4.68 Å². The monoisotopic (exact) mass is 197 g/mol. The predicted molar refractivity (Wildman–Crippen MR) is 56.4 cm³/mol. The lowest BCUT2D eigenvalue weighted by Crippen LogP contribution is -2.17. The zero-order valence-corrected chi connectivity index (χ0v) is 9.32. The molecular formula is C10H19N3O. The highest BCUT2D eigenvalue weighted by Gasteiger charge is 2.18. The third-order valence-corrected chi connectivity index (χ3v) is 2.30. The third-order valence-electron chi connectivity index (χ3n) is 2.30. The number of rotatable bonds is 4. The molecule has 0 saturated carbocycles. The summed E-state index contributed by atoms with van der Waals surface area (Å²) in [6.07, 6.45) is 2.61. The number of nitrogens with zero attached hydrogens (tertiary/aromatic N) is 2. The minimum Gasteiger partial charge on any atom is -0.493 e. The van der Waals surface area contributed by atoms with E-state index in [1.165, 1.54) is 0 Å². The van der Waals surface area contributed by atoms with Gasteiger partial charge < -0.3 is 10.5 Å². The van der Waals surface area contributed by atoms with Crippen LogP contribution in [0.3, 0.4) is 0 Å². The Hall–Kier alpha value is -1.03. The van der Waals surface area contributed by atoms with Crippen LogP contribution < -0.4 is 10.5 Å². The number of nitrogens with two attached hydrogens (primary N) is 1. The van der Waals surface area contributed by atoms with Gasteiger partial charge in [-0.2, -0.15) is 5.10 Å². The lowest BCUT2D eigenvalue weighted by molar-refractivity contribution is 0.395. The molecule has 1 rings (SSSR count). The van der Waals surface area contributed by atoms with E-state index in [0.717, 1.165) is 17.9 Å². The first kappa shape index (κ1) is 11.0. The molecule has 1 unspecified atom stereocenters. The maximum atomic E-state index is 6.01. The second kappa shape index (κ2) is 4.46. The molecule has 1 aromatic heterocycles. The molecule has 1 atom stereocenters. The van der Waals surface area contributed by atoms with Crippen molar-refractivity contribution in [2.45, 2.75) is 39.3 Å². The Kier molecular flexibility index (Phi) is 3.52. The Morgan fingerprint density at radius 3 is 2.64 bits per heavy atom. The molecule has 0 spiro atoms. The van der Waals surface area contributed by atoms with Gasteiger partial charge in [0, 0.05) is 6.04 Å². The highest BCUT2D eigenvalue weighted by atomic mass is 16.5. The van der Waals surface area contributed by atoms with Crippen molar-refractivity contribution in [3.05, 3.63) is 11.9 Å². The second-order valence-corrected chi connectivity index (χ2v) is 3.65. The molecule has 0 radical (unpaired) electrons. The molecule has 4 heteroatoms. The van der Waals surface area contributed by atoms with Gasteiger partial charge in [-0.05, 0) is 20.3 Å². The van der Waals surface area contributed by atoms with Gasteiger partial charge in [-0.25, -0.2) is 0 Å². The normalized spacial score (nSPS) is 13.3. The topological polar surface area (TPSA) is 53.1 Å². The van der Waals surface area contributed by atoms with Crippen LogP contribution in [0.15, 0.2) is 6.20 Å². The molecule has 80 valence electrons. The molecule has 14 heavy (non-hydrogen) atoms. The van der Waals surface area contributed by atoms with Gasteiger partial charge in [-0.3, -0.25) is 4.68 Å². The van der Waals surface area contributed by atoms with Crippen LogP contribution in [0.4, 0.5) is 0 Å². The summed E-state index contributed by atoms with van der Waals surface area (Å²) in [5.74, 6) is 0.785. The summed E-state index contributed by atoms with van der Waals surface area (Å²) in [7, 11) is 1.65. The van der Waals surface area contributed by atoms with Crippen molar-refractivity contribution in [3.8, 4) is 5.75 Å². The molecule has 4 nitrogen and oxygen atoms in total. The highest BCUT2D eigenvalue weighted by molar-refractivity contribution is 5.28. The first-order chi connectivity index (χ1) is 6.61. The zero-order valence-electron chi connectivity index (χ0n) is 9.32. The molecule has 0 aliphatic carbocycles. The third kappa shape index (κ3) is 1.90. The van der Waals surface area contributed by atoms with E-state index >= 15 is 0 Å². The molecular weight excluding hydrogens is 178 g/mol. The highest BCUT2D eigenvalue weighted by Crippen LogP contribution is 2.27. The predicted octanol–water partition coefficient (Wildman–Crippen LogP) is 1.88. The van der Waals surface area contributed by atoms with Gasteiger partial charge in [0.1, 0.15) is 0 Å². The standard InChI is InChI=1S/C10H19N3O/c1-5-8(11)10-9(14-4)6-12-13(10)7(2)3/h6-8H,5,11H2,1-4H3. The minimum absolute atomic E-state index is 0.00477. The average molecular weight is 197 g/mol. The van der Waals surface area contributed by atoms with Crippen LogP contribution in [0.2, 0.25) is 0 Å². The van der Waals surface area contributed by atoms with Gasteiger partial charge in [0.15, 0.2) is 5.75 Å². The van der Waals surface area contributed by atoms with E-state index in [9.17, 15) is 0 Å². The van der Waals surface area contributed by atoms with Gasteiger partial charge in [-0.15, -0.1) is 0 Å². The summed E-state index contributed by atoms with van der Waals surface area (Å²) in [4.78, 5) is 0. The van der Waals surface area contributed by atoms with Gasteiger partial charge >= 0.3 is 0 Å². The Labute approximate surface area is 85.0 Å². The summed E-state index contributed by atoms with van der Waals surface area (Å²) >= 11 is 0. The van der Waals surface area contributed by atoms with E-state index in [-0.39, 0.29) is 6.04 Å². The van der Waals surface area contributed by atoms with Crippen LogP contribution in [-0.2, 0) is 0 Å². The van der Waals surface area contributed by atoms with Crippen molar-refractivity contribution in [2.75, 3.05) is 7.11 Å². The second-order valence-electron chi connectivity index (χ2n) is 3.65. The van der Waals surface area contributed by atoms with E-state index < -0.39 is 0 Å². The first-order valence-electron chi connectivity index (χ1n) is 4.98. The summed E-state index contributed by atoms with van der Waals surface area (Å²) in [6, 6.07) is 0.307. The summed E-state index contributed by atoms with van der Waals surface area (Å²) < 4.78 is 7.16. The van der Waals surface area contributed by atoms with Gasteiger partial charge in [0.2, 0.25) is 0 Å². The Balaban J connectivity index is 3.12. The smallest absolute Gasteiger partial charge is 0.161 e. The molecule has 0 bridgehead atoms. The fourth-order valence-electron chi connectivity index (χ4n) is 1.47. The number of methoxy groups -OCH3 is 1. The van der Waals surface area contributed by atoms with E-state index in [4.69, 9.17) is 10.5 Å². The fourth-order valence-corrected chi connectivity index (χ4v) is 1.47. The maximum Gasteiger partial charge on any atom is 0.161 e. The minimum atomic E-state index is -0.00477. The van der Waals surface area contributed by atoms with E-state index in [0.29, 0.717) is 6.04 Å². The molecule has 2 N–H and O–H groups in total. The van der Waals surface area contributed by atoms with E-state index in [2.05, 4.69) is 25.9 Å². The molecule has 0 fully saturated rings. The Morgan fingerprint density at radius 2 is 2.21 bits per heavy atom. The van der Waals surface area contributed by atoms with Crippen molar-refractivity contribution in [3.63, 3.8) is 0 Å². The summed E-state index contributed by atoms with van der Waals surface area (Å²) in [5.41, 5.74) is 7.00. The van der Waals surface area contributed by atoms with Crippen molar-refractivity contribution >= 4 is 0 Å². The molecule has 1 aromatic rings. The largest absolute Gasteiger partial charge is 0.493 e. The molecule has 0 aromatic carbocycles. The SMILES string of the molecule is CCC(N)c1c(OC)cnn1C(C)C. The Morgan fingerprint density at radius 1 is 1.57 bits per heavy atom. The molecule has 0 aliphatic rings. The van der Waals surface area contributed by atoms with Crippen LogP contribution in [0.25, 0.3) is 0 Å². The number of hydrogen-bond acceptors (Lipinski definition) is 3. The Bertz CT molecular complexity index is 294. The lowest BCUT2D eigenvalue weighted by Gasteiger charge is -2.16. The van der Waals surface area contributed by atoms with Crippen LogP contribution >= 0.6 is 0 Å². The average Bonchev–Trinajstić information content (AvgIpc) is 2.59. The number of aromatic nitrogens is 2. The molecule has 0 aliphatic heterocycles. The van der Waals surface area contributed by atoms with Gasteiger partial charge in [0.05, 0.1) is 25.0 Å². The molecule has 1 heterocycles. The van der Waals surface area contributed by atoms with E-state index in [1.54, 1.807) is 13.3 Å². The van der Waals surface area contributed by atoms with Gasteiger partial charge in [0.25, 0.3) is 0 Å². The van der Waals surface area contributed by atoms with Crippen LogP contribution in [0.1, 0.15) is 45.0 Å². The summed E-state index contributed by atoms with van der Waals surface area (Å²) in [6.45, 7) is 6.22. The maximum absolute atomic E-state index is 6.01. The van der Waals surface area contributed by atoms with Crippen molar-refractivity contribution < 1.29 is 4.74 Å². The lowest BCUT2D eigenvalue weighted by atomic mass is 10.1. The van der Waals surface area contributed by atoms with Crippen LogP contribution in [0, 0.1) is 0 Å². The molecule has 0 amide bonds. The van der Waals surface area contributed by atoms with Crippen LogP contribution in [0.5, 0.6) is 5.75 Å². The summed E-state index contributed by atoms with van der Waals surface area (Å²) in [5, 5.41) is 4.27. The van der Waals surface area contributed by atoms with Crippen molar-refractivity contribution in [1.29, 1.82) is 0 Å². The first-order valence-corrected chi connectivity index (χ1v) is 4.98. The zero-order chi connectivity index (χ0) is 10.7. The fraction of sp³-hybridized carbons (Fsp3) is 0.700. The number of ether oxygens (including phenoxy) is 1. The van der Waals surface area contributed by atoms with Gasteiger partial charge in [-0.1, -0.05) is 6.92 Å². The quantitative estimate of drug-likeness (QED) is 0.801. The van der Waals surface area contributed by atoms with Crippen molar-refractivity contribution in [2.24, 2.45) is 5.73 Å². The molecule has 0 saturated heterocycles. The van der Waals surface area contributed by atoms with Crippen molar-refractivity contribution in [1.82, 2.24) is 9.78 Å². The number of hydrogen-bond donors (Lipinski definition) is 1.